The molecular weight excluding hydrogens is 345 g/mol. The average Bonchev–Trinajstić information content (AvgIpc) is 2.78. The molecule has 1 aromatic heterocycles. The molecule has 0 spiro atoms. The quantitative estimate of drug-likeness (QED) is 0.836. The minimum Gasteiger partial charge on any atom is -0.348 e. The fourth-order valence-corrected chi connectivity index (χ4v) is 3.06. The van der Waals surface area contributed by atoms with Crippen LogP contribution >= 0.6 is 33.9 Å². The van der Waals surface area contributed by atoms with Crippen molar-refractivity contribution in [2.24, 2.45) is 0 Å². The summed E-state index contributed by atoms with van der Waals surface area (Å²) in [4.78, 5) is 12.0. The number of aryl methyl sites for hydroxylation is 1. The number of thiophene rings is 1. The van der Waals surface area contributed by atoms with Crippen LogP contribution in [0.4, 0.5) is 0 Å². The smallest absolute Gasteiger partial charge is 0.252 e. The van der Waals surface area contributed by atoms with E-state index in [1.54, 1.807) is 11.3 Å². The van der Waals surface area contributed by atoms with Gasteiger partial charge in [0.05, 0.1) is 5.56 Å². The van der Waals surface area contributed by atoms with Crippen molar-refractivity contribution in [2.75, 3.05) is 0 Å². The Hall–Kier alpha value is -0.880. The lowest BCUT2D eigenvalue weighted by atomic mass is 10.1. The zero-order valence-corrected chi connectivity index (χ0v) is 12.3. The molecule has 0 bridgehead atoms. The van der Waals surface area contributed by atoms with Gasteiger partial charge in [-0.05, 0) is 64.0 Å². The third-order valence-electron chi connectivity index (χ3n) is 2.40. The number of nitrogens with one attached hydrogen (secondary N) is 1. The molecule has 2 aromatic rings. The monoisotopic (exact) mass is 357 g/mol. The van der Waals surface area contributed by atoms with Crippen molar-refractivity contribution in [3.63, 3.8) is 0 Å². The lowest BCUT2D eigenvalue weighted by molar-refractivity contribution is 0.0950. The highest BCUT2D eigenvalue weighted by Gasteiger charge is 2.09. The Bertz CT molecular complexity index is 522. The van der Waals surface area contributed by atoms with Crippen LogP contribution in [0.2, 0.25) is 0 Å². The van der Waals surface area contributed by atoms with E-state index < -0.39 is 0 Å². The Balaban J connectivity index is 2.04. The van der Waals surface area contributed by atoms with E-state index in [2.05, 4.69) is 27.9 Å². The van der Waals surface area contributed by atoms with Gasteiger partial charge in [0.1, 0.15) is 0 Å². The van der Waals surface area contributed by atoms with Crippen molar-refractivity contribution in [3.05, 3.63) is 55.3 Å². The number of hydrogen-bond donors (Lipinski definition) is 1. The summed E-state index contributed by atoms with van der Waals surface area (Å²) in [6.07, 6.45) is 0. The SMILES string of the molecule is Cc1ccc(C(=O)NCc2ccsc2)c(I)c1. The van der Waals surface area contributed by atoms with Crippen molar-refractivity contribution in [2.45, 2.75) is 13.5 Å². The summed E-state index contributed by atoms with van der Waals surface area (Å²) in [5, 5.41) is 6.98. The van der Waals surface area contributed by atoms with Gasteiger partial charge in [0, 0.05) is 10.1 Å². The summed E-state index contributed by atoms with van der Waals surface area (Å²) < 4.78 is 0.991. The maximum atomic E-state index is 12.0. The van der Waals surface area contributed by atoms with E-state index in [1.165, 1.54) is 5.56 Å². The minimum atomic E-state index is -0.0133. The zero-order valence-electron chi connectivity index (χ0n) is 9.37. The van der Waals surface area contributed by atoms with Crippen molar-refractivity contribution >= 4 is 39.8 Å². The van der Waals surface area contributed by atoms with Gasteiger partial charge in [-0.15, -0.1) is 0 Å². The number of carbonyl (C=O) groups excluding carboxylic acids is 1. The van der Waals surface area contributed by atoms with Crippen molar-refractivity contribution in [3.8, 4) is 0 Å². The largest absolute Gasteiger partial charge is 0.348 e. The Morgan fingerprint density at radius 1 is 1.41 bits per heavy atom. The van der Waals surface area contributed by atoms with Crippen molar-refractivity contribution in [1.29, 1.82) is 0 Å². The highest BCUT2D eigenvalue weighted by Crippen LogP contribution is 2.14. The predicted octanol–water partition coefficient (Wildman–Crippen LogP) is 3.59. The van der Waals surface area contributed by atoms with Crippen LogP contribution < -0.4 is 5.32 Å². The van der Waals surface area contributed by atoms with Crippen LogP contribution in [0, 0.1) is 10.5 Å². The van der Waals surface area contributed by atoms with Gasteiger partial charge in [0.25, 0.3) is 5.91 Å². The summed E-state index contributed by atoms with van der Waals surface area (Å²) in [6.45, 7) is 2.61. The summed E-state index contributed by atoms with van der Waals surface area (Å²) >= 11 is 3.84. The first-order valence-electron chi connectivity index (χ1n) is 5.22. The topological polar surface area (TPSA) is 29.1 Å². The van der Waals surface area contributed by atoms with Crippen molar-refractivity contribution in [1.82, 2.24) is 5.32 Å². The lowest BCUT2D eigenvalue weighted by Crippen LogP contribution is -2.23. The maximum Gasteiger partial charge on any atom is 0.252 e. The molecule has 0 saturated heterocycles. The van der Waals surface area contributed by atoms with Crippen LogP contribution in [-0.4, -0.2) is 5.91 Å². The average molecular weight is 357 g/mol. The van der Waals surface area contributed by atoms with E-state index in [-0.39, 0.29) is 5.91 Å². The molecular formula is C13H12INOS. The molecule has 88 valence electrons. The zero-order chi connectivity index (χ0) is 12.3. The molecule has 4 heteroatoms. The Labute approximate surface area is 118 Å². The first-order valence-corrected chi connectivity index (χ1v) is 7.24. The fourth-order valence-electron chi connectivity index (χ4n) is 1.48. The summed E-state index contributed by atoms with van der Waals surface area (Å²) in [7, 11) is 0. The Kier molecular flexibility index (Phi) is 4.17. The Morgan fingerprint density at radius 3 is 2.88 bits per heavy atom. The molecule has 0 unspecified atom stereocenters. The van der Waals surface area contributed by atoms with E-state index in [4.69, 9.17) is 0 Å². The highest BCUT2D eigenvalue weighted by atomic mass is 127. The molecule has 0 saturated carbocycles. The third-order valence-corrected chi connectivity index (χ3v) is 4.03. The molecule has 1 N–H and O–H groups in total. The molecule has 1 heterocycles. The summed E-state index contributed by atoms with van der Waals surface area (Å²) in [5.41, 5.74) is 3.06. The molecule has 0 aliphatic heterocycles. The Morgan fingerprint density at radius 2 is 2.24 bits per heavy atom. The first-order chi connectivity index (χ1) is 8.16. The van der Waals surface area contributed by atoms with E-state index in [0.29, 0.717) is 6.54 Å². The van der Waals surface area contributed by atoms with Gasteiger partial charge in [0.15, 0.2) is 0 Å². The predicted molar refractivity (Wildman–Crippen MR) is 79.4 cm³/mol. The summed E-state index contributed by atoms with van der Waals surface area (Å²) in [6, 6.07) is 7.87. The number of carbonyl (C=O) groups is 1. The van der Waals surface area contributed by atoms with Crippen molar-refractivity contribution < 1.29 is 4.79 Å². The van der Waals surface area contributed by atoms with E-state index in [9.17, 15) is 4.79 Å². The van der Waals surface area contributed by atoms with Gasteiger partial charge in [0.2, 0.25) is 0 Å². The molecule has 0 aliphatic rings. The van der Waals surface area contributed by atoms with Crippen LogP contribution in [0.25, 0.3) is 0 Å². The van der Waals surface area contributed by atoms with Gasteiger partial charge in [-0.3, -0.25) is 4.79 Å². The minimum absolute atomic E-state index is 0.0133. The number of benzene rings is 1. The molecule has 1 aromatic carbocycles. The molecule has 0 atom stereocenters. The van der Waals surface area contributed by atoms with E-state index >= 15 is 0 Å². The molecule has 0 radical (unpaired) electrons. The van der Waals surface area contributed by atoms with E-state index in [0.717, 1.165) is 14.7 Å². The molecule has 2 nitrogen and oxygen atoms in total. The molecule has 17 heavy (non-hydrogen) atoms. The first kappa shape index (κ1) is 12.6. The lowest BCUT2D eigenvalue weighted by Gasteiger charge is -2.06. The second-order valence-corrected chi connectivity index (χ2v) is 5.74. The van der Waals surface area contributed by atoms with Crippen LogP contribution in [0.5, 0.6) is 0 Å². The molecule has 0 fully saturated rings. The standard InChI is InChI=1S/C13H12INOS/c1-9-2-3-11(12(14)6-9)13(16)15-7-10-4-5-17-8-10/h2-6,8H,7H2,1H3,(H,15,16). The van der Waals surface area contributed by atoms with Crippen LogP contribution in [0.1, 0.15) is 21.5 Å². The van der Waals surface area contributed by atoms with Gasteiger partial charge in [-0.25, -0.2) is 0 Å². The number of hydrogen-bond acceptors (Lipinski definition) is 2. The molecule has 0 aliphatic carbocycles. The maximum absolute atomic E-state index is 12.0. The van der Waals surface area contributed by atoms with Gasteiger partial charge in [-0.1, -0.05) is 11.6 Å². The third kappa shape index (κ3) is 3.29. The van der Waals surface area contributed by atoms with Crippen LogP contribution in [-0.2, 0) is 6.54 Å². The van der Waals surface area contributed by atoms with Crippen LogP contribution in [0.3, 0.4) is 0 Å². The number of halogens is 1. The van der Waals surface area contributed by atoms with Crippen LogP contribution in [0.15, 0.2) is 35.0 Å². The fraction of sp³-hybridized carbons (Fsp3) is 0.154. The molecule has 2 rings (SSSR count). The van der Waals surface area contributed by atoms with Gasteiger partial charge >= 0.3 is 0 Å². The number of rotatable bonds is 3. The molecule has 1 amide bonds. The highest BCUT2D eigenvalue weighted by molar-refractivity contribution is 14.1. The second kappa shape index (κ2) is 5.64. The van der Waals surface area contributed by atoms with Gasteiger partial charge < -0.3 is 5.32 Å². The normalized spacial score (nSPS) is 10.2. The van der Waals surface area contributed by atoms with E-state index in [1.807, 2.05) is 41.9 Å². The summed E-state index contributed by atoms with van der Waals surface area (Å²) in [5.74, 6) is -0.0133. The van der Waals surface area contributed by atoms with Gasteiger partial charge in [-0.2, -0.15) is 11.3 Å². The second-order valence-electron chi connectivity index (χ2n) is 3.80. The number of amides is 1.